The Morgan fingerprint density at radius 3 is 3.00 bits per heavy atom. The van der Waals surface area contributed by atoms with Crippen LogP contribution in [-0.4, -0.2) is 55.0 Å². The summed E-state index contributed by atoms with van der Waals surface area (Å²) in [5, 5.41) is 2.60. The first-order valence-electron chi connectivity index (χ1n) is 7.23. The average molecular weight is 294 g/mol. The number of rotatable bonds is 3. The summed E-state index contributed by atoms with van der Waals surface area (Å²) in [6, 6.07) is 4.47. The molecule has 1 fully saturated rings. The van der Waals surface area contributed by atoms with E-state index in [0.29, 0.717) is 11.7 Å². The summed E-state index contributed by atoms with van der Waals surface area (Å²) in [5.74, 6) is -0.683. The molecule has 5 nitrogen and oxygen atoms in total. The summed E-state index contributed by atoms with van der Waals surface area (Å²) in [5.41, 5.74) is 6.18. The predicted octanol–water partition coefficient (Wildman–Crippen LogP) is 1.37. The highest BCUT2D eigenvalue weighted by atomic mass is 19.1. The fourth-order valence-electron chi connectivity index (χ4n) is 2.67. The third-order valence-corrected chi connectivity index (χ3v) is 3.80. The standard InChI is InChI=1S/C15H23FN4O/c1-11-9-19(2)6-3-7-20(11)10-15(21)18-14-8-12(17)4-5-13(14)16/h4-5,8,11H,3,6-7,9-10,17H2,1-2H3,(H,18,21). The van der Waals surface area contributed by atoms with E-state index in [1.165, 1.54) is 18.2 Å². The minimum atomic E-state index is -0.471. The molecular weight excluding hydrogens is 271 g/mol. The maximum Gasteiger partial charge on any atom is 0.238 e. The molecule has 1 atom stereocenters. The minimum Gasteiger partial charge on any atom is -0.399 e. The van der Waals surface area contributed by atoms with E-state index in [4.69, 9.17) is 5.73 Å². The molecule has 1 aliphatic heterocycles. The summed E-state index contributed by atoms with van der Waals surface area (Å²) in [7, 11) is 2.09. The molecule has 1 saturated heterocycles. The van der Waals surface area contributed by atoms with Crippen molar-refractivity contribution in [3.8, 4) is 0 Å². The van der Waals surface area contributed by atoms with Gasteiger partial charge in [-0.1, -0.05) is 0 Å². The number of amides is 1. The number of carbonyl (C=O) groups is 1. The van der Waals surface area contributed by atoms with Gasteiger partial charge in [0.2, 0.25) is 5.91 Å². The zero-order valence-electron chi connectivity index (χ0n) is 12.6. The van der Waals surface area contributed by atoms with E-state index in [1.807, 2.05) is 0 Å². The van der Waals surface area contributed by atoms with Crippen molar-refractivity contribution in [1.29, 1.82) is 0 Å². The molecule has 2 rings (SSSR count). The Labute approximate surface area is 124 Å². The maximum atomic E-state index is 13.6. The van der Waals surface area contributed by atoms with E-state index in [1.54, 1.807) is 0 Å². The molecule has 0 aliphatic carbocycles. The minimum absolute atomic E-state index is 0.139. The molecule has 1 unspecified atom stereocenters. The lowest BCUT2D eigenvalue weighted by molar-refractivity contribution is -0.117. The van der Waals surface area contributed by atoms with Gasteiger partial charge in [-0.3, -0.25) is 9.69 Å². The van der Waals surface area contributed by atoms with Crippen molar-refractivity contribution >= 4 is 17.3 Å². The van der Waals surface area contributed by atoms with Crippen LogP contribution in [-0.2, 0) is 4.79 Å². The second-order valence-electron chi connectivity index (χ2n) is 5.72. The molecule has 1 amide bonds. The van der Waals surface area contributed by atoms with E-state index in [9.17, 15) is 9.18 Å². The van der Waals surface area contributed by atoms with Crippen molar-refractivity contribution in [1.82, 2.24) is 9.80 Å². The first-order valence-corrected chi connectivity index (χ1v) is 7.23. The fraction of sp³-hybridized carbons (Fsp3) is 0.533. The first kappa shape index (κ1) is 15.7. The molecule has 1 aliphatic rings. The van der Waals surface area contributed by atoms with Crippen molar-refractivity contribution in [3.05, 3.63) is 24.0 Å². The van der Waals surface area contributed by atoms with Gasteiger partial charge in [0.05, 0.1) is 12.2 Å². The summed E-state index contributed by atoms with van der Waals surface area (Å²) in [6.07, 6.45) is 1.03. The van der Waals surface area contributed by atoms with Crippen molar-refractivity contribution in [3.63, 3.8) is 0 Å². The van der Waals surface area contributed by atoms with Gasteiger partial charge in [-0.25, -0.2) is 4.39 Å². The SMILES string of the molecule is CC1CN(C)CCCN1CC(=O)Nc1cc(N)ccc1F. The van der Waals surface area contributed by atoms with Crippen LogP contribution in [0.15, 0.2) is 18.2 Å². The summed E-state index contributed by atoms with van der Waals surface area (Å²) < 4.78 is 13.6. The van der Waals surface area contributed by atoms with Crippen molar-refractivity contribution in [2.24, 2.45) is 0 Å². The third kappa shape index (κ3) is 4.41. The van der Waals surface area contributed by atoms with Gasteiger partial charge < -0.3 is 16.0 Å². The second kappa shape index (κ2) is 6.87. The average Bonchev–Trinajstić information content (AvgIpc) is 2.56. The monoisotopic (exact) mass is 294 g/mol. The van der Waals surface area contributed by atoms with Gasteiger partial charge in [0.25, 0.3) is 0 Å². The summed E-state index contributed by atoms with van der Waals surface area (Å²) in [6.45, 7) is 5.21. The number of carbonyl (C=O) groups excluding carboxylic acids is 1. The van der Waals surface area contributed by atoms with Gasteiger partial charge in [0, 0.05) is 24.8 Å². The highest BCUT2D eigenvalue weighted by molar-refractivity contribution is 5.92. The van der Waals surface area contributed by atoms with Gasteiger partial charge in [0.1, 0.15) is 5.82 Å². The number of nitrogens with zero attached hydrogens (tertiary/aromatic N) is 2. The third-order valence-electron chi connectivity index (χ3n) is 3.80. The van der Waals surface area contributed by atoms with Gasteiger partial charge in [-0.05, 0) is 45.1 Å². The lowest BCUT2D eigenvalue weighted by atomic mass is 10.2. The number of benzene rings is 1. The van der Waals surface area contributed by atoms with E-state index in [2.05, 4.69) is 29.1 Å². The number of hydrogen-bond acceptors (Lipinski definition) is 4. The molecule has 0 radical (unpaired) electrons. The number of halogens is 1. The van der Waals surface area contributed by atoms with Gasteiger partial charge in [-0.15, -0.1) is 0 Å². The molecule has 0 spiro atoms. The van der Waals surface area contributed by atoms with Crippen LogP contribution in [0.1, 0.15) is 13.3 Å². The van der Waals surface area contributed by atoms with Crippen LogP contribution in [0.4, 0.5) is 15.8 Å². The van der Waals surface area contributed by atoms with Gasteiger partial charge in [-0.2, -0.15) is 0 Å². The molecule has 1 heterocycles. The summed E-state index contributed by atoms with van der Waals surface area (Å²) in [4.78, 5) is 16.5. The smallest absolute Gasteiger partial charge is 0.238 e. The number of hydrogen-bond donors (Lipinski definition) is 2. The van der Waals surface area contributed by atoms with Crippen molar-refractivity contribution < 1.29 is 9.18 Å². The molecule has 0 bridgehead atoms. The highest BCUT2D eigenvalue weighted by Gasteiger charge is 2.21. The molecule has 116 valence electrons. The van der Waals surface area contributed by atoms with Gasteiger partial charge in [0.15, 0.2) is 0 Å². The first-order chi connectivity index (χ1) is 9.95. The Balaban J connectivity index is 1.96. The quantitative estimate of drug-likeness (QED) is 0.827. The van der Waals surface area contributed by atoms with Gasteiger partial charge >= 0.3 is 0 Å². The van der Waals surface area contributed by atoms with Crippen LogP contribution < -0.4 is 11.1 Å². The van der Waals surface area contributed by atoms with Crippen LogP contribution in [0.25, 0.3) is 0 Å². The highest BCUT2D eigenvalue weighted by Crippen LogP contribution is 2.17. The number of nitrogens with two attached hydrogens (primary N) is 1. The largest absolute Gasteiger partial charge is 0.399 e. The maximum absolute atomic E-state index is 13.6. The Hall–Kier alpha value is -1.66. The second-order valence-corrected chi connectivity index (χ2v) is 5.72. The zero-order valence-corrected chi connectivity index (χ0v) is 12.6. The molecule has 0 aromatic heterocycles. The molecule has 3 N–H and O–H groups in total. The number of nitrogens with one attached hydrogen (secondary N) is 1. The molecule has 0 saturated carbocycles. The summed E-state index contributed by atoms with van der Waals surface area (Å²) >= 11 is 0. The predicted molar refractivity (Wildman–Crippen MR) is 82.6 cm³/mol. The van der Waals surface area contributed by atoms with Crippen LogP contribution in [0, 0.1) is 5.82 Å². The topological polar surface area (TPSA) is 61.6 Å². The number of nitrogen functional groups attached to an aromatic ring is 1. The Morgan fingerprint density at radius 2 is 2.24 bits per heavy atom. The van der Waals surface area contributed by atoms with E-state index >= 15 is 0 Å². The van der Waals surface area contributed by atoms with E-state index < -0.39 is 5.82 Å². The zero-order chi connectivity index (χ0) is 15.4. The fourth-order valence-corrected chi connectivity index (χ4v) is 2.67. The lowest BCUT2D eigenvalue weighted by Gasteiger charge is -2.27. The van der Waals surface area contributed by atoms with E-state index in [0.717, 1.165) is 26.1 Å². The van der Waals surface area contributed by atoms with Crippen LogP contribution >= 0.6 is 0 Å². The Kier molecular flexibility index (Phi) is 5.14. The Morgan fingerprint density at radius 1 is 1.48 bits per heavy atom. The Bertz CT molecular complexity index is 508. The molecule has 21 heavy (non-hydrogen) atoms. The van der Waals surface area contributed by atoms with Crippen molar-refractivity contribution in [2.45, 2.75) is 19.4 Å². The lowest BCUT2D eigenvalue weighted by Crippen LogP contribution is -2.42. The van der Waals surface area contributed by atoms with Crippen LogP contribution in [0.3, 0.4) is 0 Å². The molecule has 1 aromatic carbocycles. The van der Waals surface area contributed by atoms with Crippen molar-refractivity contribution in [2.75, 3.05) is 44.3 Å². The molecule has 1 aromatic rings. The van der Waals surface area contributed by atoms with E-state index in [-0.39, 0.29) is 18.1 Å². The normalized spacial score (nSPS) is 21.0. The molecular formula is C15H23FN4O. The van der Waals surface area contributed by atoms with Crippen LogP contribution in [0.2, 0.25) is 0 Å². The van der Waals surface area contributed by atoms with Crippen LogP contribution in [0.5, 0.6) is 0 Å². The number of anilines is 2. The number of likely N-dealkylation sites (N-methyl/N-ethyl adjacent to an activating group) is 1. The molecule has 6 heteroatoms.